The van der Waals surface area contributed by atoms with Crippen molar-refractivity contribution in [3.05, 3.63) is 24.5 Å². The van der Waals surface area contributed by atoms with Crippen LogP contribution in [0.15, 0.2) is 23.1 Å². The Kier molecular flexibility index (Phi) is 6.15. The van der Waals surface area contributed by atoms with Crippen LogP contribution in [0.3, 0.4) is 0 Å². The molecule has 2 saturated heterocycles. The van der Waals surface area contributed by atoms with Gasteiger partial charge in [-0.2, -0.15) is 4.98 Å². The van der Waals surface area contributed by atoms with Gasteiger partial charge in [0.2, 0.25) is 17.6 Å². The average Bonchev–Trinajstić information content (AvgIpc) is 3.22. The van der Waals surface area contributed by atoms with Gasteiger partial charge in [-0.15, -0.1) is 0 Å². The summed E-state index contributed by atoms with van der Waals surface area (Å²) in [5, 5.41) is 4.03. The predicted octanol–water partition coefficient (Wildman–Crippen LogP) is 1.89. The lowest BCUT2D eigenvalue weighted by Crippen LogP contribution is -2.51. The molecule has 2 aliphatic rings. The van der Waals surface area contributed by atoms with Gasteiger partial charge in [-0.25, -0.2) is 4.98 Å². The second kappa shape index (κ2) is 8.96. The second-order valence-electron chi connectivity index (χ2n) is 7.71. The number of rotatable bonds is 6. The lowest BCUT2D eigenvalue weighted by atomic mass is 9.78. The predicted molar refractivity (Wildman–Crippen MR) is 103 cm³/mol. The molecule has 29 heavy (non-hydrogen) atoms. The molecule has 4 heterocycles. The highest BCUT2D eigenvalue weighted by Crippen LogP contribution is 2.38. The van der Waals surface area contributed by atoms with E-state index in [1.807, 2.05) is 11.8 Å². The van der Waals surface area contributed by atoms with Crippen LogP contribution in [0.25, 0.3) is 11.5 Å². The Morgan fingerprint density at radius 3 is 2.97 bits per heavy atom. The van der Waals surface area contributed by atoms with Gasteiger partial charge in [0.1, 0.15) is 12.3 Å². The molecule has 0 radical (unpaired) electrons. The summed E-state index contributed by atoms with van der Waals surface area (Å²) in [7, 11) is 0. The molecule has 0 saturated carbocycles. The first-order valence-corrected chi connectivity index (χ1v) is 10.3. The fourth-order valence-corrected chi connectivity index (χ4v) is 4.20. The number of aromatic nitrogens is 4. The minimum atomic E-state index is -0.154. The highest BCUT2D eigenvalue weighted by molar-refractivity contribution is 5.77. The third kappa shape index (κ3) is 4.79. The topological polar surface area (TPSA) is 103 Å². The quantitative estimate of drug-likeness (QED) is 0.723. The van der Waals surface area contributed by atoms with Crippen LogP contribution in [0, 0.1) is 5.92 Å². The summed E-state index contributed by atoms with van der Waals surface area (Å²) in [5.41, 5.74) is 0.453. The molecule has 9 heteroatoms. The van der Waals surface area contributed by atoms with Gasteiger partial charge in [-0.05, 0) is 38.5 Å². The van der Waals surface area contributed by atoms with Crippen LogP contribution in [0.4, 0.5) is 0 Å². The largest absolute Gasteiger partial charge is 0.375 e. The Morgan fingerprint density at radius 2 is 2.21 bits per heavy atom. The lowest BCUT2D eigenvalue weighted by Gasteiger charge is -2.46. The number of amides is 1. The molecule has 156 valence electrons. The van der Waals surface area contributed by atoms with E-state index in [1.165, 1.54) is 0 Å². The van der Waals surface area contributed by atoms with E-state index in [0.29, 0.717) is 29.9 Å². The van der Waals surface area contributed by atoms with Crippen molar-refractivity contribution in [2.45, 2.75) is 44.6 Å². The molecule has 9 nitrogen and oxygen atoms in total. The van der Waals surface area contributed by atoms with E-state index >= 15 is 0 Å². The normalized spacial score (nSPS) is 21.4. The molecule has 2 aromatic rings. The van der Waals surface area contributed by atoms with Crippen LogP contribution in [-0.4, -0.2) is 69.4 Å². The van der Waals surface area contributed by atoms with E-state index < -0.39 is 0 Å². The van der Waals surface area contributed by atoms with Gasteiger partial charge >= 0.3 is 0 Å². The number of carbonyl (C=O) groups is 1. The smallest absolute Gasteiger partial charge is 0.248 e. The number of piperidine rings is 1. The zero-order valence-corrected chi connectivity index (χ0v) is 16.7. The highest BCUT2D eigenvalue weighted by atomic mass is 16.5. The van der Waals surface area contributed by atoms with Crippen LogP contribution in [0.1, 0.15) is 38.5 Å². The number of nitrogens with zero attached hydrogens (tertiary/aromatic N) is 5. The maximum Gasteiger partial charge on any atom is 0.248 e. The molecule has 1 atom stereocenters. The summed E-state index contributed by atoms with van der Waals surface area (Å²) in [4.78, 5) is 26.8. The van der Waals surface area contributed by atoms with E-state index in [1.54, 1.807) is 18.6 Å². The fourth-order valence-electron chi connectivity index (χ4n) is 4.20. The number of hydrogen-bond acceptors (Lipinski definition) is 8. The molecule has 2 aromatic heterocycles. The molecular formula is C20H27N5O4. The third-order valence-electron chi connectivity index (χ3n) is 5.78. The van der Waals surface area contributed by atoms with Crippen LogP contribution >= 0.6 is 0 Å². The monoisotopic (exact) mass is 401 g/mol. The zero-order chi connectivity index (χ0) is 20.1. The summed E-state index contributed by atoms with van der Waals surface area (Å²) in [5.74, 6) is 1.58. The van der Waals surface area contributed by atoms with Crippen molar-refractivity contribution in [3.8, 4) is 11.5 Å². The number of ether oxygens (including phenoxy) is 2. The summed E-state index contributed by atoms with van der Waals surface area (Å²) in [6.07, 6.45) is 9.21. The Bertz CT molecular complexity index is 804. The number of carbonyl (C=O) groups excluding carboxylic acids is 1. The maximum absolute atomic E-state index is 12.2. The Morgan fingerprint density at radius 1 is 1.34 bits per heavy atom. The van der Waals surface area contributed by atoms with Crippen LogP contribution in [-0.2, 0) is 20.7 Å². The average molecular weight is 401 g/mol. The van der Waals surface area contributed by atoms with E-state index in [9.17, 15) is 4.79 Å². The van der Waals surface area contributed by atoms with Crippen LogP contribution in [0.5, 0.6) is 0 Å². The SMILES string of the molecule is CCOCC(=O)N1CCC2(CC1)CC(Cc1nc(-c3cnccn3)no1)CCO2. The van der Waals surface area contributed by atoms with Crippen molar-refractivity contribution in [1.29, 1.82) is 0 Å². The fraction of sp³-hybridized carbons (Fsp3) is 0.650. The van der Waals surface area contributed by atoms with Crippen LogP contribution in [0.2, 0.25) is 0 Å². The zero-order valence-electron chi connectivity index (χ0n) is 16.7. The van der Waals surface area contributed by atoms with Gasteiger partial charge in [-0.1, -0.05) is 5.16 Å². The van der Waals surface area contributed by atoms with Gasteiger partial charge in [0, 0.05) is 45.1 Å². The molecule has 1 spiro atoms. The first-order valence-electron chi connectivity index (χ1n) is 10.3. The third-order valence-corrected chi connectivity index (χ3v) is 5.78. The molecule has 1 amide bonds. The summed E-state index contributed by atoms with van der Waals surface area (Å²) < 4.78 is 16.9. The summed E-state index contributed by atoms with van der Waals surface area (Å²) in [6, 6.07) is 0. The van der Waals surface area contributed by atoms with Crippen LogP contribution < -0.4 is 0 Å². The van der Waals surface area contributed by atoms with Crippen molar-refractivity contribution in [2.24, 2.45) is 5.92 Å². The van der Waals surface area contributed by atoms with Gasteiger partial charge in [0.05, 0.1) is 11.8 Å². The van der Waals surface area contributed by atoms with Gasteiger partial charge in [0.15, 0.2) is 0 Å². The Hall–Kier alpha value is -2.39. The molecule has 1 unspecified atom stereocenters. The molecule has 0 aromatic carbocycles. The van der Waals surface area contributed by atoms with E-state index in [-0.39, 0.29) is 18.1 Å². The van der Waals surface area contributed by atoms with Crippen molar-refractivity contribution < 1.29 is 18.8 Å². The van der Waals surface area contributed by atoms with Crippen molar-refractivity contribution in [1.82, 2.24) is 25.0 Å². The molecule has 2 fully saturated rings. The van der Waals surface area contributed by atoms with Gasteiger partial charge < -0.3 is 18.9 Å². The minimum Gasteiger partial charge on any atom is -0.375 e. The first-order chi connectivity index (χ1) is 14.2. The molecule has 0 aliphatic carbocycles. The van der Waals surface area contributed by atoms with Crippen molar-refractivity contribution in [2.75, 3.05) is 32.9 Å². The van der Waals surface area contributed by atoms with Gasteiger partial charge in [-0.3, -0.25) is 9.78 Å². The molecule has 2 aliphatic heterocycles. The minimum absolute atomic E-state index is 0.0662. The van der Waals surface area contributed by atoms with E-state index in [4.69, 9.17) is 14.0 Å². The highest BCUT2D eigenvalue weighted by Gasteiger charge is 2.41. The lowest BCUT2D eigenvalue weighted by molar-refractivity contribution is -0.150. The van der Waals surface area contributed by atoms with Crippen molar-refractivity contribution in [3.63, 3.8) is 0 Å². The maximum atomic E-state index is 12.2. The summed E-state index contributed by atoms with van der Waals surface area (Å²) in [6.45, 7) is 4.78. The summed E-state index contributed by atoms with van der Waals surface area (Å²) >= 11 is 0. The number of likely N-dealkylation sites (tertiary alicyclic amines) is 1. The Balaban J connectivity index is 1.32. The Labute approximate surface area is 169 Å². The van der Waals surface area contributed by atoms with Gasteiger partial charge in [0.25, 0.3) is 0 Å². The molecule has 0 N–H and O–H groups in total. The second-order valence-corrected chi connectivity index (χ2v) is 7.71. The van der Waals surface area contributed by atoms with E-state index in [2.05, 4.69) is 20.1 Å². The molecular weight excluding hydrogens is 374 g/mol. The first kappa shape index (κ1) is 19.9. The number of hydrogen-bond donors (Lipinski definition) is 0. The standard InChI is InChI=1S/C20H27N5O4/c1-2-27-14-18(26)25-8-4-20(5-9-25)12-15(3-10-28-20)11-17-23-19(24-29-17)16-13-21-6-7-22-16/h6-7,13,15H,2-5,8-12,14H2,1H3. The van der Waals surface area contributed by atoms with E-state index in [0.717, 1.165) is 51.8 Å². The molecule has 4 rings (SSSR count). The molecule has 0 bridgehead atoms. The van der Waals surface area contributed by atoms with Crippen molar-refractivity contribution >= 4 is 5.91 Å².